The Morgan fingerprint density at radius 2 is 1.16 bits per heavy atom. The van der Waals surface area contributed by atoms with Crippen molar-refractivity contribution in [3.63, 3.8) is 0 Å². The van der Waals surface area contributed by atoms with Crippen molar-refractivity contribution < 1.29 is 23.5 Å². The van der Waals surface area contributed by atoms with E-state index >= 15 is 4.39 Å². The van der Waals surface area contributed by atoms with E-state index in [4.69, 9.17) is 9.47 Å². The Morgan fingerprint density at radius 1 is 0.694 bits per heavy atom. The maximum absolute atomic E-state index is 15.2. The van der Waals surface area contributed by atoms with E-state index in [1.54, 1.807) is 4.90 Å². The number of aromatic amines is 2. The minimum atomic E-state index is -0.610. The highest BCUT2D eigenvalue weighted by atomic mass is 19.1. The third-order valence-electron chi connectivity index (χ3n) is 10.0. The molecule has 6 atom stereocenters. The number of carbonyl (C=O) groups excluding carboxylic acids is 2. The Kier molecular flexibility index (Phi) is 7.21. The number of fused-ring (bicyclic) bond motifs is 2. The van der Waals surface area contributed by atoms with Crippen LogP contribution in [0.5, 0.6) is 0 Å². The first-order valence-electron chi connectivity index (χ1n) is 17.3. The lowest BCUT2D eigenvalue weighted by Crippen LogP contribution is -2.38. The van der Waals surface area contributed by atoms with E-state index < -0.39 is 17.1 Å². The molecule has 2 aliphatic carbocycles. The van der Waals surface area contributed by atoms with Gasteiger partial charge in [0.1, 0.15) is 28.5 Å². The van der Waals surface area contributed by atoms with Crippen LogP contribution in [0, 0.1) is 17.8 Å². The lowest BCUT2D eigenvalue weighted by atomic mass is 10.0. The molecule has 0 spiro atoms. The van der Waals surface area contributed by atoms with Gasteiger partial charge in [0.2, 0.25) is 5.95 Å². The first-order chi connectivity index (χ1) is 23.2. The summed E-state index contributed by atoms with van der Waals surface area (Å²) in [5.74, 6) is 1.64. The smallest absolute Gasteiger partial charge is 0.411 e. The highest BCUT2D eigenvalue weighted by Crippen LogP contribution is 2.54. The van der Waals surface area contributed by atoms with E-state index in [2.05, 4.69) is 19.9 Å². The van der Waals surface area contributed by atoms with Crippen molar-refractivity contribution in [1.29, 1.82) is 0 Å². The van der Waals surface area contributed by atoms with Crippen molar-refractivity contribution in [3.8, 4) is 33.6 Å². The van der Waals surface area contributed by atoms with Gasteiger partial charge < -0.3 is 19.4 Å². The summed E-state index contributed by atoms with van der Waals surface area (Å²) in [6, 6.07) is 15.7. The van der Waals surface area contributed by atoms with E-state index in [9.17, 15) is 9.59 Å². The molecule has 10 nitrogen and oxygen atoms in total. The molecule has 0 radical (unpaired) electrons. The molecule has 11 heteroatoms. The van der Waals surface area contributed by atoms with Crippen LogP contribution in [0.25, 0.3) is 33.6 Å². The number of imidazole rings is 2. The third kappa shape index (κ3) is 6.08. The van der Waals surface area contributed by atoms with Crippen molar-refractivity contribution in [2.24, 2.45) is 11.8 Å². The molecule has 256 valence electrons. The molecule has 49 heavy (non-hydrogen) atoms. The molecular weight excluding hydrogens is 623 g/mol. The van der Waals surface area contributed by atoms with Crippen molar-refractivity contribution >= 4 is 12.2 Å². The summed E-state index contributed by atoms with van der Waals surface area (Å²) in [4.78, 5) is 45.2. The molecule has 8 rings (SSSR count). The number of rotatable bonds is 5. The normalized spacial score (nSPS) is 25.6. The van der Waals surface area contributed by atoms with Gasteiger partial charge in [0.05, 0.1) is 24.0 Å². The molecule has 4 fully saturated rings. The van der Waals surface area contributed by atoms with E-state index in [1.165, 1.54) is 0 Å². The van der Waals surface area contributed by atoms with Gasteiger partial charge in [-0.05, 0) is 95.8 Å². The number of amides is 2. The number of ether oxygens (including phenoxy) is 2. The zero-order valence-electron chi connectivity index (χ0n) is 28.8. The minimum absolute atomic E-state index is 0.117. The van der Waals surface area contributed by atoms with E-state index in [-0.39, 0.29) is 42.0 Å². The van der Waals surface area contributed by atoms with E-state index in [0.29, 0.717) is 23.2 Å². The molecule has 2 saturated heterocycles. The number of aromatic nitrogens is 4. The largest absolute Gasteiger partial charge is 0.444 e. The van der Waals surface area contributed by atoms with Crippen LogP contribution in [0.1, 0.15) is 91.0 Å². The van der Waals surface area contributed by atoms with Crippen LogP contribution < -0.4 is 0 Å². The lowest BCUT2D eigenvalue weighted by molar-refractivity contribution is 0.0164. The van der Waals surface area contributed by atoms with Crippen LogP contribution in [0.2, 0.25) is 0 Å². The maximum Gasteiger partial charge on any atom is 0.411 e. The Bertz CT molecular complexity index is 1900. The molecular formula is C38H43FN6O4. The van der Waals surface area contributed by atoms with Crippen LogP contribution in [0.4, 0.5) is 14.0 Å². The first-order valence-corrected chi connectivity index (χ1v) is 17.3. The van der Waals surface area contributed by atoms with Gasteiger partial charge in [-0.25, -0.2) is 19.6 Å². The average molecular weight is 667 g/mol. The van der Waals surface area contributed by atoms with Gasteiger partial charge in [0.25, 0.3) is 0 Å². The molecule has 4 heterocycles. The molecule has 4 aliphatic rings. The fourth-order valence-electron chi connectivity index (χ4n) is 7.59. The molecule has 4 aromatic rings. The number of likely N-dealkylation sites (tertiary alicyclic amines) is 2. The second kappa shape index (κ2) is 11.2. The predicted molar refractivity (Wildman–Crippen MR) is 182 cm³/mol. The van der Waals surface area contributed by atoms with Crippen molar-refractivity contribution in [1.82, 2.24) is 29.7 Å². The second-order valence-electron chi connectivity index (χ2n) is 16.0. The molecule has 2 N–H and O–H groups in total. The number of halogens is 1. The lowest BCUT2D eigenvalue weighted by Gasteiger charge is -2.29. The summed E-state index contributed by atoms with van der Waals surface area (Å²) in [6.07, 6.45) is 4.79. The molecule has 2 amide bonds. The van der Waals surface area contributed by atoms with Gasteiger partial charge in [0.15, 0.2) is 0 Å². The van der Waals surface area contributed by atoms with Crippen LogP contribution >= 0.6 is 0 Å². The third-order valence-corrected chi connectivity index (χ3v) is 10.0. The first kappa shape index (κ1) is 31.6. The molecule has 2 aromatic heterocycles. The molecule has 2 aliphatic heterocycles. The zero-order valence-corrected chi connectivity index (χ0v) is 28.8. The highest BCUT2D eigenvalue weighted by molar-refractivity contribution is 5.73. The number of H-pyrrole nitrogens is 2. The standard InChI is InChI=1S/C38H43FN6O4/c1-37(2,3)48-35(46)44-27-15-24(27)17-29(44)33-40-19-26(41-33)22-11-7-20(8-12-22)21-9-13-23(14-10-21)31-32(39)43-34(42-31)30-18-25-16-28(25)45(30)36(47)49-38(4,5)6/h7-14,19,24-25,27-30H,15-18H2,1-6H3,(H,40,41)(H,42,43)/t24-,25?,27+,28?,29-,30?/m0/s1. The number of hydrogen-bond donors (Lipinski definition) is 2. The summed E-state index contributed by atoms with van der Waals surface area (Å²) in [5.41, 5.74) is 3.61. The van der Waals surface area contributed by atoms with Gasteiger partial charge >= 0.3 is 12.2 Å². The quantitative estimate of drug-likeness (QED) is 0.221. The summed E-state index contributed by atoms with van der Waals surface area (Å²) in [7, 11) is 0. The van der Waals surface area contributed by atoms with Crippen molar-refractivity contribution in [2.75, 3.05) is 0 Å². The molecule has 0 bridgehead atoms. The van der Waals surface area contributed by atoms with Gasteiger partial charge in [-0.1, -0.05) is 48.5 Å². The van der Waals surface area contributed by atoms with E-state index in [0.717, 1.165) is 53.9 Å². The zero-order chi connectivity index (χ0) is 34.4. The fraction of sp³-hybridized carbons (Fsp3) is 0.474. The summed E-state index contributed by atoms with van der Waals surface area (Å²) in [5, 5.41) is 0. The predicted octanol–water partition coefficient (Wildman–Crippen LogP) is 8.41. The minimum Gasteiger partial charge on any atom is -0.444 e. The van der Waals surface area contributed by atoms with Crippen LogP contribution in [0.3, 0.4) is 0 Å². The van der Waals surface area contributed by atoms with Gasteiger partial charge in [-0.15, -0.1) is 0 Å². The van der Waals surface area contributed by atoms with Crippen LogP contribution in [0.15, 0.2) is 54.7 Å². The Hall–Kier alpha value is -4.67. The maximum atomic E-state index is 15.2. The topological polar surface area (TPSA) is 116 Å². The molecule has 2 saturated carbocycles. The van der Waals surface area contributed by atoms with Crippen LogP contribution in [-0.4, -0.2) is 65.2 Å². The number of benzene rings is 2. The van der Waals surface area contributed by atoms with Gasteiger partial charge in [0, 0.05) is 17.6 Å². The van der Waals surface area contributed by atoms with Crippen molar-refractivity contribution in [3.05, 3.63) is 72.3 Å². The number of nitrogens with zero attached hydrogens (tertiary/aromatic N) is 4. The summed E-state index contributed by atoms with van der Waals surface area (Å²) >= 11 is 0. The number of piperidine rings is 2. The molecule has 3 unspecified atom stereocenters. The SMILES string of the molecule is CC(C)(C)OC(=O)N1C(c2nc(-c3ccc(-c4ccc(-c5cnc([C@@H]6C[C@@H]7C[C@H]7N6C(=O)OC(C)(C)C)[nH]5)cc4)cc3)c(F)[nH]2)CC2CC21. The van der Waals surface area contributed by atoms with Crippen LogP contribution in [-0.2, 0) is 9.47 Å². The van der Waals surface area contributed by atoms with E-state index in [1.807, 2.05) is 101 Å². The average Bonchev–Trinajstić information content (AvgIpc) is 3.67. The molecule has 2 aromatic carbocycles. The summed E-state index contributed by atoms with van der Waals surface area (Å²) in [6.45, 7) is 11.2. The number of carbonyl (C=O) groups is 2. The van der Waals surface area contributed by atoms with Gasteiger partial charge in [-0.3, -0.25) is 9.80 Å². The fourth-order valence-corrected chi connectivity index (χ4v) is 7.59. The number of nitrogens with one attached hydrogen (secondary N) is 2. The van der Waals surface area contributed by atoms with Crippen molar-refractivity contribution in [2.45, 2.75) is 103 Å². The summed E-state index contributed by atoms with van der Waals surface area (Å²) < 4.78 is 26.6. The Morgan fingerprint density at radius 3 is 1.67 bits per heavy atom. The second-order valence-corrected chi connectivity index (χ2v) is 16.0. The highest BCUT2D eigenvalue weighted by Gasteiger charge is 2.57. The number of hydrogen-bond acceptors (Lipinski definition) is 6. The monoisotopic (exact) mass is 666 g/mol. The Balaban J connectivity index is 0.952. The Labute approximate surface area is 285 Å². The van der Waals surface area contributed by atoms with Gasteiger partial charge in [-0.2, -0.15) is 4.39 Å².